The second kappa shape index (κ2) is 5.60. The predicted molar refractivity (Wildman–Crippen MR) is 54.4 cm³/mol. The Labute approximate surface area is 83.2 Å². The summed E-state index contributed by atoms with van der Waals surface area (Å²) in [5.41, 5.74) is 0.526. The van der Waals surface area contributed by atoms with Crippen LogP contribution in [0.2, 0.25) is 0 Å². The van der Waals surface area contributed by atoms with Crippen molar-refractivity contribution in [2.45, 2.75) is 6.42 Å². The quantitative estimate of drug-likeness (QED) is 0.411. The minimum Gasteiger partial charge on any atom is -0.431 e. The van der Waals surface area contributed by atoms with Gasteiger partial charge in [-0.05, 0) is 18.2 Å². The van der Waals surface area contributed by atoms with Crippen LogP contribution in [0.5, 0.6) is 0 Å². The molecule has 0 amide bonds. The van der Waals surface area contributed by atoms with Crippen LogP contribution in [0.3, 0.4) is 0 Å². The molecule has 0 unspecified atom stereocenters. The lowest BCUT2D eigenvalue weighted by atomic mass is 10.2. The number of hydrogen-bond donors (Lipinski definition) is 0. The van der Waals surface area contributed by atoms with Gasteiger partial charge in [0.15, 0.2) is 0 Å². The summed E-state index contributed by atoms with van der Waals surface area (Å²) in [5.74, 6) is 2.03. The summed E-state index contributed by atoms with van der Waals surface area (Å²) < 4.78 is 4.82. The van der Waals surface area contributed by atoms with Crippen molar-refractivity contribution in [3.8, 4) is 12.3 Å². The number of esters is 1. The molecule has 0 heterocycles. The Morgan fingerprint density at radius 2 is 2.14 bits per heavy atom. The first-order valence-electron chi connectivity index (χ1n) is 4.19. The Kier molecular flexibility index (Phi) is 4.03. The van der Waals surface area contributed by atoms with Crippen molar-refractivity contribution in [3.63, 3.8) is 0 Å². The normalized spacial score (nSPS) is 9.64. The van der Waals surface area contributed by atoms with Crippen molar-refractivity contribution in [2.24, 2.45) is 0 Å². The molecule has 0 aliphatic rings. The summed E-state index contributed by atoms with van der Waals surface area (Å²) in [6.45, 7) is 0. The van der Waals surface area contributed by atoms with Crippen LogP contribution in [0.25, 0.3) is 0 Å². The summed E-state index contributed by atoms with van der Waals surface area (Å²) in [6.07, 6.45) is 8.40. The van der Waals surface area contributed by atoms with Crippen LogP contribution in [-0.4, -0.2) is 5.97 Å². The van der Waals surface area contributed by atoms with Gasteiger partial charge in [-0.2, -0.15) is 0 Å². The highest BCUT2D eigenvalue weighted by molar-refractivity contribution is 5.89. The summed E-state index contributed by atoms with van der Waals surface area (Å²) in [4.78, 5) is 11.3. The third-order valence-corrected chi connectivity index (χ3v) is 1.52. The Morgan fingerprint density at radius 3 is 2.79 bits per heavy atom. The fourth-order valence-electron chi connectivity index (χ4n) is 0.868. The zero-order valence-electron chi connectivity index (χ0n) is 7.64. The van der Waals surface area contributed by atoms with E-state index in [0.29, 0.717) is 12.0 Å². The Morgan fingerprint density at radius 1 is 1.43 bits per heavy atom. The number of ether oxygens (including phenoxy) is 1. The van der Waals surface area contributed by atoms with E-state index in [4.69, 9.17) is 11.2 Å². The maximum Gasteiger partial charge on any atom is 0.342 e. The van der Waals surface area contributed by atoms with E-state index in [9.17, 15) is 4.79 Å². The Hall–Kier alpha value is -2.01. The van der Waals surface area contributed by atoms with Crippen molar-refractivity contribution in [1.29, 1.82) is 0 Å². The van der Waals surface area contributed by atoms with E-state index in [1.54, 1.807) is 30.3 Å². The van der Waals surface area contributed by atoms with Crippen LogP contribution in [0.4, 0.5) is 0 Å². The van der Waals surface area contributed by atoms with Crippen LogP contribution in [0.15, 0.2) is 42.7 Å². The Balaban J connectivity index is 2.49. The average molecular weight is 186 g/mol. The lowest BCUT2D eigenvalue weighted by Crippen LogP contribution is -1.99. The zero-order chi connectivity index (χ0) is 10.2. The first-order chi connectivity index (χ1) is 6.84. The molecule has 1 rings (SSSR count). The van der Waals surface area contributed by atoms with Gasteiger partial charge in [-0.15, -0.1) is 12.3 Å². The summed E-state index contributed by atoms with van der Waals surface area (Å²) in [5, 5.41) is 0. The fraction of sp³-hybridized carbons (Fsp3) is 0.0833. The van der Waals surface area contributed by atoms with Crippen LogP contribution in [0, 0.1) is 12.3 Å². The number of carbonyl (C=O) groups excluding carboxylic acids is 1. The van der Waals surface area contributed by atoms with Crippen molar-refractivity contribution >= 4 is 5.97 Å². The van der Waals surface area contributed by atoms with Gasteiger partial charge in [0.25, 0.3) is 0 Å². The fourth-order valence-corrected chi connectivity index (χ4v) is 0.868. The van der Waals surface area contributed by atoms with E-state index >= 15 is 0 Å². The lowest BCUT2D eigenvalue weighted by Gasteiger charge is -1.97. The zero-order valence-corrected chi connectivity index (χ0v) is 7.64. The molecule has 1 aromatic carbocycles. The van der Waals surface area contributed by atoms with Gasteiger partial charge >= 0.3 is 5.97 Å². The standard InChI is InChI=1S/C12H10O2/c1-2-3-7-10-14-12(13)11-8-5-4-6-9-11/h1,4-10H,3H2/b10-7+. The highest BCUT2D eigenvalue weighted by Crippen LogP contribution is 2.01. The monoisotopic (exact) mass is 186 g/mol. The second-order valence-electron chi connectivity index (χ2n) is 2.55. The van der Waals surface area contributed by atoms with Crippen molar-refractivity contribution in [1.82, 2.24) is 0 Å². The topological polar surface area (TPSA) is 26.3 Å². The van der Waals surface area contributed by atoms with Gasteiger partial charge in [0.05, 0.1) is 11.8 Å². The van der Waals surface area contributed by atoms with Crippen LogP contribution < -0.4 is 0 Å². The van der Waals surface area contributed by atoms with Crippen LogP contribution >= 0.6 is 0 Å². The molecule has 0 saturated carbocycles. The molecular formula is C12H10O2. The van der Waals surface area contributed by atoms with E-state index < -0.39 is 0 Å². The molecular weight excluding hydrogens is 176 g/mol. The molecule has 70 valence electrons. The van der Waals surface area contributed by atoms with E-state index in [0.717, 1.165) is 0 Å². The van der Waals surface area contributed by atoms with E-state index in [-0.39, 0.29) is 5.97 Å². The first kappa shape index (κ1) is 10.1. The molecule has 0 aliphatic carbocycles. The average Bonchev–Trinajstić information content (AvgIpc) is 2.25. The molecule has 0 aliphatic heterocycles. The van der Waals surface area contributed by atoms with Crippen molar-refractivity contribution in [3.05, 3.63) is 48.2 Å². The summed E-state index contributed by atoms with van der Waals surface area (Å²) in [6, 6.07) is 8.78. The molecule has 0 fully saturated rings. The van der Waals surface area contributed by atoms with Gasteiger partial charge in [0.2, 0.25) is 0 Å². The first-order valence-corrected chi connectivity index (χ1v) is 4.19. The molecule has 0 bridgehead atoms. The molecule has 0 N–H and O–H groups in total. The second-order valence-corrected chi connectivity index (χ2v) is 2.55. The third kappa shape index (κ3) is 3.16. The van der Waals surface area contributed by atoms with Crippen molar-refractivity contribution in [2.75, 3.05) is 0 Å². The van der Waals surface area contributed by atoms with E-state index in [1.165, 1.54) is 6.26 Å². The van der Waals surface area contributed by atoms with Gasteiger partial charge in [0.1, 0.15) is 0 Å². The lowest BCUT2D eigenvalue weighted by molar-refractivity contribution is 0.0662. The molecule has 0 spiro atoms. The smallest absolute Gasteiger partial charge is 0.342 e. The highest BCUT2D eigenvalue weighted by Gasteiger charge is 2.02. The largest absolute Gasteiger partial charge is 0.431 e. The molecule has 0 aromatic heterocycles. The van der Waals surface area contributed by atoms with Gasteiger partial charge in [-0.25, -0.2) is 4.79 Å². The molecule has 1 aromatic rings. The van der Waals surface area contributed by atoms with E-state index in [2.05, 4.69) is 5.92 Å². The molecule has 0 radical (unpaired) electrons. The van der Waals surface area contributed by atoms with Gasteiger partial charge < -0.3 is 4.74 Å². The van der Waals surface area contributed by atoms with Crippen molar-refractivity contribution < 1.29 is 9.53 Å². The molecule has 2 heteroatoms. The molecule has 0 saturated heterocycles. The highest BCUT2D eigenvalue weighted by atomic mass is 16.5. The van der Waals surface area contributed by atoms with E-state index in [1.807, 2.05) is 6.07 Å². The molecule has 2 nitrogen and oxygen atoms in total. The third-order valence-electron chi connectivity index (χ3n) is 1.52. The number of allylic oxidation sites excluding steroid dienone is 1. The van der Waals surface area contributed by atoms with Gasteiger partial charge in [-0.1, -0.05) is 18.2 Å². The number of benzene rings is 1. The number of terminal acetylenes is 1. The van der Waals surface area contributed by atoms with Crippen LogP contribution in [0.1, 0.15) is 16.8 Å². The van der Waals surface area contributed by atoms with Gasteiger partial charge in [0, 0.05) is 6.42 Å². The molecule has 14 heavy (non-hydrogen) atoms. The Bertz CT molecular complexity index is 358. The number of hydrogen-bond acceptors (Lipinski definition) is 2. The van der Waals surface area contributed by atoms with Crippen LogP contribution in [-0.2, 0) is 4.74 Å². The summed E-state index contributed by atoms with van der Waals surface area (Å²) >= 11 is 0. The number of carbonyl (C=O) groups is 1. The number of rotatable bonds is 3. The predicted octanol–water partition coefficient (Wildman–Crippen LogP) is 2.38. The maximum absolute atomic E-state index is 11.3. The maximum atomic E-state index is 11.3. The summed E-state index contributed by atoms with van der Waals surface area (Å²) in [7, 11) is 0. The SMILES string of the molecule is C#CC/C=C/OC(=O)c1ccccc1. The minimum absolute atomic E-state index is 0.376. The minimum atomic E-state index is -0.376. The molecule has 0 atom stereocenters. The van der Waals surface area contributed by atoms with Gasteiger partial charge in [-0.3, -0.25) is 0 Å².